The first-order valence-corrected chi connectivity index (χ1v) is 9.27. The van der Waals surface area contributed by atoms with Gasteiger partial charge in [0.2, 0.25) is 0 Å². The lowest BCUT2D eigenvalue weighted by atomic mass is 10.1. The van der Waals surface area contributed by atoms with Crippen LogP contribution in [-0.4, -0.2) is 40.0 Å². The fraction of sp³-hybridized carbons (Fsp3) is 0.278. The van der Waals surface area contributed by atoms with Crippen molar-refractivity contribution in [2.24, 2.45) is 0 Å². The van der Waals surface area contributed by atoms with E-state index in [1.807, 2.05) is 0 Å². The Hall–Kier alpha value is -2.75. The number of ether oxygens (including phenoxy) is 1. The number of thioether (sulfide) groups is 1. The number of hydrogen-bond acceptors (Lipinski definition) is 5. The third-order valence-corrected chi connectivity index (χ3v) is 5.34. The second-order valence-electron chi connectivity index (χ2n) is 5.96. The van der Waals surface area contributed by atoms with E-state index < -0.39 is 16.7 Å². The van der Waals surface area contributed by atoms with Crippen molar-refractivity contribution in [3.05, 3.63) is 69.8 Å². The SMILES string of the molecule is O=C(c1ccc(C(F)(F)F)cc1)N1CCS[C@@H]1COc1ccc([N+](=O)[O-])cc1. The summed E-state index contributed by atoms with van der Waals surface area (Å²) >= 11 is 1.50. The maximum absolute atomic E-state index is 12.7. The number of amides is 1. The first-order valence-electron chi connectivity index (χ1n) is 8.23. The van der Waals surface area contributed by atoms with Crippen LogP contribution in [0.3, 0.4) is 0 Å². The quantitative estimate of drug-likeness (QED) is 0.544. The average molecular weight is 412 g/mol. The van der Waals surface area contributed by atoms with Crippen LogP contribution in [-0.2, 0) is 6.18 Å². The highest BCUT2D eigenvalue weighted by Crippen LogP contribution is 2.30. The Kier molecular flexibility index (Phi) is 5.78. The van der Waals surface area contributed by atoms with Gasteiger partial charge in [-0.3, -0.25) is 14.9 Å². The Morgan fingerprint density at radius 1 is 1.18 bits per heavy atom. The molecule has 10 heteroatoms. The summed E-state index contributed by atoms with van der Waals surface area (Å²) in [6.45, 7) is 0.619. The molecule has 0 aliphatic carbocycles. The standard InChI is InChI=1S/C18H15F3N2O4S/c19-18(20,21)13-3-1-12(2-4-13)17(24)22-9-10-28-16(22)11-27-15-7-5-14(6-8-15)23(25)26/h1-8,16H,9-11H2/t16-/m1/s1. The molecule has 1 amide bonds. The molecule has 0 radical (unpaired) electrons. The Morgan fingerprint density at radius 3 is 2.39 bits per heavy atom. The molecule has 148 valence electrons. The first kappa shape index (κ1) is 20.0. The van der Waals surface area contributed by atoms with E-state index in [0.29, 0.717) is 18.0 Å². The number of carbonyl (C=O) groups excluding carboxylic acids is 1. The maximum atomic E-state index is 12.7. The summed E-state index contributed by atoms with van der Waals surface area (Å²) in [5.41, 5.74) is -0.685. The number of hydrogen-bond donors (Lipinski definition) is 0. The van der Waals surface area contributed by atoms with Crippen molar-refractivity contribution in [3.8, 4) is 5.75 Å². The van der Waals surface area contributed by atoms with Crippen molar-refractivity contribution < 1.29 is 27.6 Å². The molecule has 0 saturated carbocycles. The van der Waals surface area contributed by atoms with Gasteiger partial charge in [0.05, 0.1) is 10.5 Å². The zero-order valence-corrected chi connectivity index (χ0v) is 15.2. The van der Waals surface area contributed by atoms with E-state index in [2.05, 4.69) is 0 Å². The molecule has 1 heterocycles. The van der Waals surface area contributed by atoms with Crippen molar-refractivity contribution in [1.82, 2.24) is 4.90 Å². The van der Waals surface area contributed by atoms with Crippen molar-refractivity contribution >= 4 is 23.4 Å². The number of carbonyl (C=O) groups is 1. The minimum Gasteiger partial charge on any atom is -0.491 e. The fourth-order valence-electron chi connectivity index (χ4n) is 2.69. The maximum Gasteiger partial charge on any atom is 0.416 e. The topological polar surface area (TPSA) is 72.7 Å². The summed E-state index contributed by atoms with van der Waals surface area (Å²) in [6.07, 6.45) is -4.45. The Morgan fingerprint density at radius 2 is 1.82 bits per heavy atom. The lowest BCUT2D eigenvalue weighted by Gasteiger charge is -2.24. The van der Waals surface area contributed by atoms with E-state index in [4.69, 9.17) is 4.74 Å². The van der Waals surface area contributed by atoms with Gasteiger partial charge < -0.3 is 9.64 Å². The van der Waals surface area contributed by atoms with Crippen LogP contribution < -0.4 is 4.74 Å². The van der Waals surface area contributed by atoms with Crippen LogP contribution in [0.5, 0.6) is 5.75 Å². The number of nitrogens with zero attached hydrogens (tertiary/aromatic N) is 2. The van der Waals surface area contributed by atoms with Gasteiger partial charge in [0.25, 0.3) is 11.6 Å². The summed E-state index contributed by atoms with van der Waals surface area (Å²) < 4.78 is 43.6. The lowest BCUT2D eigenvalue weighted by molar-refractivity contribution is -0.384. The van der Waals surface area contributed by atoms with E-state index in [-0.39, 0.29) is 29.1 Å². The van der Waals surface area contributed by atoms with Gasteiger partial charge in [-0.05, 0) is 36.4 Å². The molecule has 6 nitrogen and oxygen atoms in total. The van der Waals surface area contributed by atoms with Crippen LogP contribution in [0.2, 0.25) is 0 Å². The highest BCUT2D eigenvalue weighted by atomic mass is 32.2. The zero-order valence-electron chi connectivity index (χ0n) is 14.4. The minimum atomic E-state index is -4.45. The molecule has 1 aliphatic rings. The Bertz CT molecular complexity index is 857. The van der Waals surface area contributed by atoms with E-state index in [1.165, 1.54) is 48.2 Å². The van der Waals surface area contributed by atoms with E-state index >= 15 is 0 Å². The second kappa shape index (κ2) is 8.09. The van der Waals surface area contributed by atoms with Gasteiger partial charge in [-0.15, -0.1) is 11.8 Å². The number of nitro benzene ring substituents is 1. The Labute approximate surface area is 162 Å². The van der Waals surface area contributed by atoms with Crippen LogP contribution >= 0.6 is 11.8 Å². The molecular formula is C18H15F3N2O4S. The second-order valence-corrected chi connectivity index (χ2v) is 7.25. The zero-order chi connectivity index (χ0) is 20.3. The highest BCUT2D eigenvalue weighted by molar-refractivity contribution is 8.00. The third-order valence-electron chi connectivity index (χ3n) is 4.15. The van der Waals surface area contributed by atoms with Crippen molar-refractivity contribution in [2.45, 2.75) is 11.6 Å². The van der Waals surface area contributed by atoms with Gasteiger partial charge in [0, 0.05) is 30.0 Å². The van der Waals surface area contributed by atoms with Gasteiger partial charge in [-0.2, -0.15) is 13.2 Å². The van der Waals surface area contributed by atoms with Crippen LogP contribution in [0.4, 0.5) is 18.9 Å². The molecule has 1 fully saturated rings. The molecule has 0 spiro atoms. The average Bonchev–Trinajstić information content (AvgIpc) is 3.14. The summed E-state index contributed by atoms with van der Waals surface area (Å²) in [5.74, 6) is 0.747. The number of benzene rings is 2. The molecule has 3 rings (SSSR count). The summed E-state index contributed by atoms with van der Waals surface area (Å²) in [6, 6.07) is 9.70. The molecule has 0 aromatic heterocycles. The number of halogens is 3. The van der Waals surface area contributed by atoms with Crippen LogP contribution in [0.15, 0.2) is 48.5 Å². The van der Waals surface area contributed by atoms with Crippen molar-refractivity contribution in [2.75, 3.05) is 18.9 Å². The molecule has 1 aliphatic heterocycles. The van der Waals surface area contributed by atoms with Gasteiger partial charge >= 0.3 is 6.18 Å². The van der Waals surface area contributed by atoms with E-state index in [0.717, 1.165) is 12.1 Å². The van der Waals surface area contributed by atoms with E-state index in [1.54, 1.807) is 4.90 Å². The number of non-ortho nitro benzene ring substituents is 1. The minimum absolute atomic E-state index is 0.0540. The number of rotatable bonds is 5. The molecule has 1 saturated heterocycles. The third kappa shape index (κ3) is 4.56. The first-order chi connectivity index (χ1) is 13.3. The summed E-state index contributed by atoms with van der Waals surface area (Å²) in [5, 5.41) is 10.4. The van der Waals surface area contributed by atoms with E-state index in [9.17, 15) is 28.1 Å². The van der Waals surface area contributed by atoms with Gasteiger partial charge in [0.1, 0.15) is 17.7 Å². The lowest BCUT2D eigenvalue weighted by Crippen LogP contribution is -2.38. The predicted molar refractivity (Wildman–Crippen MR) is 97.3 cm³/mol. The molecule has 2 aromatic rings. The smallest absolute Gasteiger partial charge is 0.416 e. The Balaban J connectivity index is 1.63. The fourth-order valence-corrected chi connectivity index (χ4v) is 3.81. The van der Waals surface area contributed by atoms with Crippen molar-refractivity contribution in [3.63, 3.8) is 0 Å². The van der Waals surface area contributed by atoms with Crippen molar-refractivity contribution in [1.29, 1.82) is 0 Å². The number of alkyl halides is 3. The van der Waals surface area contributed by atoms with Gasteiger partial charge in [-0.1, -0.05) is 0 Å². The predicted octanol–water partition coefficient (Wildman–Crippen LogP) is 4.21. The summed E-state index contributed by atoms with van der Waals surface area (Å²) in [7, 11) is 0. The number of nitro groups is 1. The molecule has 2 aromatic carbocycles. The van der Waals surface area contributed by atoms with Crippen LogP contribution in [0.25, 0.3) is 0 Å². The molecular weight excluding hydrogens is 397 g/mol. The highest BCUT2D eigenvalue weighted by Gasteiger charge is 2.33. The molecule has 0 bridgehead atoms. The van der Waals surface area contributed by atoms with Gasteiger partial charge in [0.15, 0.2) is 0 Å². The molecule has 0 N–H and O–H groups in total. The monoisotopic (exact) mass is 412 g/mol. The molecule has 28 heavy (non-hydrogen) atoms. The largest absolute Gasteiger partial charge is 0.491 e. The molecule has 0 unspecified atom stereocenters. The van der Waals surface area contributed by atoms with Crippen LogP contribution in [0, 0.1) is 10.1 Å². The molecule has 1 atom stereocenters. The normalized spacial score (nSPS) is 16.8. The summed E-state index contributed by atoms with van der Waals surface area (Å²) in [4.78, 5) is 24.4. The van der Waals surface area contributed by atoms with Crippen LogP contribution in [0.1, 0.15) is 15.9 Å². The van der Waals surface area contributed by atoms with Gasteiger partial charge in [-0.25, -0.2) is 0 Å².